The van der Waals surface area contributed by atoms with Crippen LogP contribution in [-0.4, -0.2) is 28.8 Å². The summed E-state index contributed by atoms with van der Waals surface area (Å²) in [5, 5.41) is 4.00. The highest BCUT2D eigenvalue weighted by Crippen LogP contribution is 2.36. The van der Waals surface area contributed by atoms with E-state index in [1.54, 1.807) is 25.4 Å². The van der Waals surface area contributed by atoms with Gasteiger partial charge in [-0.25, -0.2) is 0 Å². The summed E-state index contributed by atoms with van der Waals surface area (Å²) in [5.74, 6) is -0.684. The molecule has 0 bridgehead atoms. The molecule has 2 aromatic heterocycles. The Morgan fingerprint density at radius 1 is 1.12 bits per heavy atom. The minimum Gasteiger partial charge on any atom is -0.496 e. The average molecular weight is 462 g/mol. The first kappa shape index (κ1) is 22.6. The van der Waals surface area contributed by atoms with Crippen LogP contribution in [0.25, 0.3) is 10.9 Å². The summed E-state index contributed by atoms with van der Waals surface area (Å²) in [7, 11) is 1.60. The van der Waals surface area contributed by atoms with Crippen LogP contribution in [0.3, 0.4) is 0 Å². The van der Waals surface area contributed by atoms with Crippen molar-refractivity contribution in [1.82, 2.24) is 9.97 Å². The number of pyridine rings is 1. The molecule has 2 N–H and O–H groups in total. The number of halogens is 1. The molecule has 0 spiro atoms. The lowest BCUT2D eigenvalue weighted by molar-refractivity contribution is -0.112. The minimum atomic E-state index is -0.717. The number of hydrogen-bond donors (Lipinski definition) is 2. The fraction of sp³-hybridized carbons (Fsp3) is 0.192. The fourth-order valence-corrected chi connectivity index (χ4v) is 4.07. The van der Waals surface area contributed by atoms with Gasteiger partial charge in [0.15, 0.2) is 0 Å². The summed E-state index contributed by atoms with van der Waals surface area (Å²) < 4.78 is 5.65. The Bertz CT molecular complexity index is 1310. The van der Waals surface area contributed by atoms with Crippen molar-refractivity contribution < 1.29 is 14.3 Å². The molecule has 4 rings (SSSR count). The quantitative estimate of drug-likeness (QED) is 0.270. The normalized spacial score (nSPS) is 11.1. The number of aromatic nitrogens is 2. The van der Waals surface area contributed by atoms with E-state index in [0.717, 1.165) is 16.6 Å². The summed E-state index contributed by atoms with van der Waals surface area (Å²) in [5.41, 5.74) is 4.15. The van der Waals surface area contributed by atoms with Crippen LogP contribution in [0.2, 0.25) is 5.02 Å². The molecule has 2 heterocycles. The number of fused-ring (bicyclic) bond motifs is 1. The van der Waals surface area contributed by atoms with Gasteiger partial charge in [0.05, 0.1) is 24.6 Å². The Kier molecular flexibility index (Phi) is 6.47. The van der Waals surface area contributed by atoms with Crippen LogP contribution in [0.5, 0.6) is 5.75 Å². The first-order chi connectivity index (χ1) is 15.9. The Labute approximate surface area is 197 Å². The molecule has 0 radical (unpaired) electrons. The molecular weight excluding hydrogens is 438 g/mol. The molecule has 0 unspecified atom stereocenters. The van der Waals surface area contributed by atoms with Crippen LogP contribution in [0.1, 0.15) is 46.9 Å². The van der Waals surface area contributed by atoms with Crippen LogP contribution in [-0.2, 0) is 11.2 Å². The maximum absolute atomic E-state index is 13.5. The number of ketones is 1. The number of carbonyl (C=O) groups is 2. The summed E-state index contributed by atoms with van der Waals surface area (Å²) in [4.78, 5) is 33.8. The number of amides is 1. The van der Waals surface area contributed by atoms with Gasteiger partial charge < -0.3 is 15.0 Å². The number of nitrogens with zero attached hydrogens (tertiary/aromatic N) is 1. The van der Waals surface area contributed by atoms with Gasteiger partial charge in [-0.3, -0.25) is 14.6 Å². The number of ether oxygens (including phenoxy) is 1. The summed E-state index contributed by atoms with van der Waals surface area (Å²) in [6.07, 6.45) is 3.61. The van der Waals surface area contributed by atoms with Gasteiger partial charge in [-0.2, -0.15) is 0 Å². The van der Waals surface area contributed by atoms with Crippen molar-refractivity contribution in [1.29, 1.82) is 0 Å². The number of anilines is 1. The summed E-state index contributed by atoms with van der Waals surface area (Å²) in [6, 6.07) is 14.7. The predicted molar refractivity (Wildman–Crippen MR) is 130 cm³/mol. The van der Waals surface area contributed by atoms with Crippen molar-refractivity contribution in [3.05, 3.63) is 88.3 Å². The first-order valence-electron chi connectivity index (χ1n) is 10.6. The number of nitrogens with one attached hydrogen (secondary N) is 2. The molecule has 0 aliphatic carbocycles. The van der Waals surface area contributed by atoms with Gasteiger partial charge in [-0.05, 0) is 47.9 Å². The highest BCUT2D eigenvalue weighted by molar-refractivity contribution is 6.48. The fourth-order valence-electron chi connectivity index (χ4n) is 3.94. The zero-order chi connectivity index (χ0) is 23.5. The molecule has 2 aromatic carbocycles. The van der Waals surface area contributed by atoms with Crippen molar-refractivity contribution in [2.75, 3.05) is 12.4 Å². The number of aromatic amines is 1. The number of Topliss-reactive ketones (excluding diaryl/α,β-unsaturated/α-hetero) is 1. The molecule has 4 aromatic rings. The number of H-pyrrole nitrogens is 1. The third kappa shape index (κ3) is 4.61. The first-order valence-corrected chi connectivity index (χ1v) is 11.0. The van der Waals surface area contributed by atoms with Crippen molar-refractivity contribution in [2.45, 2.75) is 26.2 Å². The number of carbonyl (C=O) groups excluding carboxylic acids is 2. The second-order valence-electron chi connectivity index (χ2n) is 8.07. The number of benzene rings is 2. The molecule has 0 aliphatic rings. The topological polar surface area (TPSA) is 84.1 Å². The maximum atomic E-state index is 13.5. The van der Waals surface area contributed by atoms with E-state index in [1.165, 1.54) is 6.20 Å². The molecule has 0 atom stereocenters. The molecule has 0 aliphatic heterocycles. The second kappa shape index (κ2) is 9.46. The molecule has 0 saturated heterocycles. The van der Waals surface area contributed by atoms with E-state index in [4.69, 9.17) is 16.3 Å². The van der Waals surface area contributed by atoms with Gasteiger partial charge in [-0.15, -0.1) is 0 Å². The van der Waals surface area contributed by atoms with E-state index >= 15 is 0 Å². The average Bonchev–Trinajstić information content (AvgIpc) is 3.21. The van der Waals surface area contributed by atoms with E-state index in [9.17, 15) is 9.59 Å². The van der Waals surface area contributed by atoms with Crippen LogP contribution in [0, 0.1) is 0 Å². The third-order valence-electron chi connectivity index (χ3n) is 5.50. The number of rotatable bonds is 7. The molecule has 1 amide bonds. The van der Waals surface area contributed by atoms with Gasteiger partial charge in [0.1, 0.15) is 5.75 Å². The van der Waals surface area contributed by atoms with Gasteiger partial charge >= 0.3 is 0 Å². The van der Waals surface area contributed by atoms with Gasteiger partial charge in [0.2, 0.25) is 0 Å². The molecule has 7 heteroatoms. The number of hydrogen-bond acceptors (Lipinski definition) is 4. The third-order valence-corrected chi connectivity index (χ3v) is 5.75. The van der Waals surface area contributed by atoms with Gasteiger partial charge in [0.25, 0.3) is 11.7 Å². The van der Waals surface area contributed by atoms with E-state index in [-0.39, 0.29) is 5.92 Å². The predicted octanol–water partition coefficient (Wildman–Crippen LogP) is 5.76. The van der Waals surface area contributed by atoms with Gasteiger partial charge in [0, 0.05) is 39.8 Å². The molecule has 6 nitrogen and oxygen atoms in total. The summed E-state index contributed by atoms with van der Waals surface area (Å²) >= 11 is 6.05. The molecular formula is C26H24ClN3O3. The molecule has 0 saturated carbocycles. The maximum Gasteiger partial charge on any atom is 0.296 e. The van der Waals surface area contributed by atoms with Crippen molar-refractivity contribution in [2.24, 2.45) is 0 Å². The van der Waals surface area contributed by atoms with E-state index in [2.05, 4.69) is 15.3 Å². The van der Waals surface area contributed by atoms with E-state index in [0.29, 0.717) is 39.5 Å². The van der Waals surface area contributed by atoms with Gasteiger partial charge in [-0.1, -0.05) is 37.6 Å². The number of methoxy groups -OCH3 is 1. The highest BCUT2D eigenvalue weighted by Gasteiger charge is 2.28. The van der Waals surface area contributed by atoms with Crippen molar-refractivity contribution in [3.63, 3.8) is 0 Å². The largest absolute Gasteiger partial charge is 0.496 e. The minimum absolute atomic E-state index is 0.00285. The zero-order valence-electron chi connectivity index (χ0n) is 18.6. The Balaban J connectivity index is 1.86. The second-order valence-corrected chi connectivity index (χ2v) is 8.50. The Morgan fingerprint density at radius 2 is 1.88 bits per heavy atom. The lowest BCUT2D eigenvalue weighted by Crippen LogP contribution is -2.24. The van der Waals surface area contributed by atoms with Crippen LogP contribution in [0.15, 0.2) is 60.9 Å². The monoisotopic (exact) mass is 461 g/mol. The molecule has 168 valence electrons. The van der Waals surface area contributed by atoms with E-state index < -0.39 is 11.7 Å². The summed E-state index contributed by atoms with van der Waals surface area (Å²) in [6.45, 7) is 3.97. The SMILES string of the molecule is COc1ccc2[nH]c(C(C)C)c(C(=O)C(=O)Nc3cccnc3)c2c1Cc1ccc(Cl)cc1. The lowest BCUT2D eigenvalue weighted by Gasteiger charge is -2.13. The smallest absolute Gasteiger partial charge is 0.296 e. The van der Waals surface area contributed by atoms with E-state index in [1.807, 2.05) is 50.2 Å². The zero-order valence-corrected chi connectivity index (χ0v) is 19.4. The Morgan fingerprint density at radius 3 is 2.52 bits per heavy atom. The highest BCUT2D eigenvalue weighted by atomic mass is 35.5. The standard InChI is InChI=1S/C26H24ClN3O3/c1-15(2)24-23(25(31)26(32)29-18-5-4-12-28-14-18)22-19(13-16-6-8-17(27)9-7-16)21(33-3)11-10-20(22)30-24/h4-12,14-15,30H,13H2,1-3H3,(H,29,32). The van der Waals surface area contributed by atoms with Crippen molar-refractivity contribution in [3.8, 4) is 5.75 Å². The molecule has 33 heavy (non-hydrogen) atoms. The van der Waals surface area contributed by atoms with Crippen LogP contribution in [0.4, 0.5) is 5.69 Å². The lowest BCUT2D eigenvalue weighted by atomic mass is 9.93. The van der Waals surface area contributed by atoms with Crippen LogP contribution < -0.4 is 10.1 Å². The van der Waals surface area contributed by atoms with Crippen molar-refractivity contribution >= 4 is 39.9 Å². The van der Waals surface area contributed by atoms with Crippen LogP contribution >= 0.6 is 11.6 Å². The molecule has 0 fully saturated rings. The Hall–Kier alpha value is -3.64.